The summed E-state index contributed by atoms with van der Waals surface area (Å²) in [6.45, 7) is 0. The fourth-order valence-corrected chi connectivity index (χ4v) is 4.00. The number of ketones is 1. The Morgan fingerprint density at radius 1 is 1.17 bits per heavy atom. The van der Waals surface area contributed by atoms with Crippen LogP contribution in [0, 0.1) is 23.7 Å². The molecule has 0 aromatic carbocycles. The third-order valence-electron chi connectivity index (χ3n) is 4.03. The first-order valence-electron chi connectivity index (χ1n) is 4.93. The van der Waals surface area contributed by atoms with Crippen LogP contribution >= 0.6 is 11.6 Å². The molecule has 4 fully saturated rings. The predicted octanol–water partition coefficient (Wildman–Crippen LogP) is 2.23. The SMILES string of the molecule is O=C1C2CC3CC(C2)[C@H](Cl)C1C3. The van der Waals surface area contributed by atoms with E-state index in [0.717, 1.165) is 18.8 Å². The normalized spacial score (nSPS) is 56.4. The van der Waals surface area contributed by atoms with Crippen molar-refractivity contribution in [1.82, 2.24) is 0 Å². The molecule has 2 heteroatoms. The number of hydrogen-bond donors (Lipinski definition) is 0. The third-order valence-corrected chi connectivity index (χ3v) is 4.69. The van der Waals surface area contributed by atoms with Crippen LogP contribution in [-0.2, 0) is 4.79 Å². The van der Waals surface area contributed by atoms with Crippen molar-refractivity contribution in [1.29, 1.82) is 0 Å². The van der Waals surface area contributed by atoms with E-state index in [1.807, 2.05) is 0 Å². The highest BCUT2D eigenvalue weighted by Crippen LogP contribution is 2.53. The largest absolute Gasteiger partial charge is 0.299 e. The molecule has 4 saturated carbocycles. The molecule has 0 heterocycles. The maximum Gasteiger partial charge on any atom is 0.140 e. The van der Waals surface area contributed by atoms with Gasteiger partial charge in [0.05, 0.1) is 0 Å². The molecule has 4 bridgehead atoms. The van der Waals surface area contributed by atoms with E-state index < -0.39 is 0 Å². The van der Waals surface area contributed by atoms with Gasteiger partial charge in [0.1, 0.15) is 5.78 Å². The van der Waals surface area contributed by atoms with Crippen LogP contribution in [0.1, 0.15) is 25.7 Å². The van der Waals surface area contributed by atoms with E-state index in [4.69, 9.17) is 11.6 Å². The molecule has 0 radical (unpaired) electrons. The van der Waals surface area contributed by atoms with Crippen molar-refractivity contribution >= 4 is 17.4 Å². The van der Waals surface area contributed by atoms with Crippen molar-refractivity contribution in [3.63, 3.8) is 0 Å². The van der Waals surface area contributed by atoms with Gasteiger partial charge in [0.25, 0.3) is 0 Å². The van der Waals surface area contributed by atoms with Crippen molar-refractivity contribution < 1.29 is 4.79 Å². The molecule has 1 nitrogen and oxygen atoms in total. The topological polar surface area (TPSA) is 17.1 Å². The molecule has 0 amide bonds. The van der Waals surface area contributed by atoms with Crippen molar-refractivity contribution in [3.05, 3.63) is 0 Å². The number of rotatable bonds is 0. The van der Waals surface area contributed by atoms with Crippen LogP contribution < -0.4 is 0 Å². The highest BCUT2D eigenvalue weighted by atomic mass is 35.5. The first-order valence-corrected chi connectivity index (χ1v) is 5.37. The van der Waals surface area contributed by atoms with E-state index in [9.17, 15) is 4.79 Å². The Hall–Kier alpha value is -0.0400. The Labute approximate surface area is 77.5 Å². The fraction of sp³-hybridized carbons (Fsp3) is 0.900. The maximum atomic E-state index is 11.7. The van der Waals surface area contributed by atoms with E-state index in [1.165, 1.54) is 12.8 Å². The third kappa shape index (κ3) is 0.783. The molecule has 66 valence electrons. The average molecular weight is 185 g/mol. The number of halogens is 1. The highest BCUT2D eigenvalue weighted by molar-refractivity contribution is 6.23. The quantitative estimate of drug-likeness (QED) is 0.528. The second kappa shape index (κ2) is 2.25. The van der Waals surface area contributed by atoms with Gasteiger partial charge in [-0.25, -0.2) is 0 Å². The van der Waals surface area contributed by atoms with Gasteiger partial charge in [-0.2, -0.15) is 0 Å². The van der Waals surface area contributed by atoms with Crippen LogP contribution in [0.3, 0.4) is 0 Å². The Balaban J connectivity index is 1.98. The van der Waals surface area contributed by atoms with Crippen molar-refractivity contribution in [2.45, 2.75) is 31.1 Å². The Morgan fingerprint density at radius 2 is 2.00 bits per heavy atom. The zero-order valence-electron chi connectivity index (χ0n) is 7.00. The van der Waals surface area contributed by atoms with Gasteiger partial charge in [0.2, 0.25) is 0 Å². The molecular formula is C10H13ClO. The number of alkyl halides is 1. The van der Waals surface area contributed by atoms with Crippen molar-refractivity contribution in [2.24, 2.45) is 23.7 Å². The summed E-state index contributed by atoms with van der Waals surface area (Å²) < 4.78 is 0. The molecule has 4 rings (SSSR count). The smallest absolute Gasteiger partial charge is 0.140 e. The number of Topliss-reactive ketones (excluding diaryl/α,β-unsaturated/α-hetero) is 1. The summed E-state index contributed by atoms with van der Waals surface area (Å²) in [5.74, 6) is 2.64. The summed E-state index contributed by atoms with van der Waals surface area (Å²) in [5.41, 5.74) is 0. The van der Waals surface area contributed by atoms with E-state index in [1.54, 1.807) is 0 Å². The molecule has 0 aromatic heterocycles. The van der Waals surface area contributed by atoms with Gasteiger partial charge in [-0.1, -0.05) is 0 Å². The van der Waals surface area contributed by atoms with Gasteiger partial charge in [-0.15, -0.1) is 11.6 Å². The van der Waals surface area contributed by atoms with Crippen LogP contribution in [0.4, 0.5) is 0 Å². The van der Waals surface area contributed by atoms with Crippen LogP contribution in [0.5, 0.6) is 0 Å². The van der Waals surface area contributed by atoms with E-state index >= 15 is 0 Å². The molecule has 0 spiro atoms. The molecule has 4 aliphatic carbocycles. The lowest BCUT2D eigenvalue weighted by molar-refractivity contribution is -0.139. The molecule has 0 saturated heterocycles. The molecule has 5 atom stereocenters. The van der Waals surface area contributed by atoms with Crippen LogP contribution in [-0.4, -0.2) is 11.2 Å². The molecular weight excluding hydrogens is 172 g/mol. The fourth-order valence-electron chi connectivity index (χ4n) is 3.56. The minimum atomic E-state index is 0.185. The first kappa shape index (κ1) is 7.37. The molecule has 4 aliphatic rings. The summed E-state index contributed by atoms with van der Waals surface area (Å²) in [5, 5.41) is 0.185. The first-order chi connectivity index (χ1) is 5.75. The van der Waals surface area contributed by atoms with E-state index in [2.05, 4.69) is 0 Å². The van der Waals surface area contributed by atoms with Crippen LogP contribution in [0.15, 0.2) is 0 Å². The Bertz CT molecular complexity index is 238. The van der Waals surface area contributed by atoms with Gasteiger partial charge >= 0.3 is 0 Å². The van der Waals surface area contributed by atoms with E-state index in [-0.39, 0.29) is 11.3 Å². The lowest BCUT2D eigenvalue weighted by Crippen LogP contribution is -2.51. The summed E-state index contributed by atoms with van der Waals surface area (Å²) >= 11 is 6.24. The van der Waals surface area contributed by atoms with Crippen molar-refractivity contribution in [3.8, 4) is 0 Å². The van der Waals surface area contributed by atoms with Crippen molar-refractivity contribution in [2.75, 3.05) is 0 Å². The highest BCUT2D eigenvalue weighted by Gasteiger charge is 2.52. The van der Waals surface area contributed by atoms with Gasteiger partial charge in [-0.05, 0) is 37.5 Å². The zero-order valence-corrected chi connectivity index (χ0v) is 7.76. The maximum absolute atomic E-state index is 11.7. The second-order valence-corrected chi connectivity index (χ2v) is 5.22. The number of carbonyl (C=O) groups excluding carboxylic acids is 1. The van der Waals surface area contributed by atoms with Gasteiger partial charge < -0.3 is 0 Å². The summed E-state index contributed by atoms with van der Waals surface area (Å²) in [6.07, 6.45) is 4.67. The molecule has 12 heavy (non-hydrogen) atoms. The summed E-state index contributed by atoms with van der Waals surface area (Å²) in [7, 11) is 0. The van der Waals surface area contributed by atoms with Gasteiger partial charge in [0.15, 0.2) is 0 Å². The van der Waals surface area contributed by atoms with Gasteiger partial charge in [-0.3, -0.25) is 4.79 Å². The summed E-state index contributed by atoms with van der Waals surface area (Å²) in [4.78, 5) is 11.7. The van der Waals surface area contributed by atoms with Crippen LogP contribution in [0.2, 0.25) is 0 Å². The minimum Gasteiger partial charge on any atom is -0.299 e. The van der Waals surface area contributed by atoms with E-state index in [0.29, 0.717) is 17.6 Å². The second-order valence-electron chi connectivity index (χ2n) is 4.72. The predicted molar refractivity (Wildman–Crippen MR) is 47.1 cm³/mol. The molecule has 0 N–H and O–H groups in total. The lowest BCUT2D eigenvalue weighted by atomic mass is 9.55. The minimum absolute atomic E-state index is 0.185. The molecule has 4 unspecified atom stereocenters. The number of carbonyl (C=O) groups is 1. The van der Waals surface area contributed by atoms with Crippen LogP contribution in [0.25, 0.3) is 0 Å². The molecule has 0 aliphatic heterocycles. The summed E-state index contributed by atoms with van der Waals surface area (Å²) in [6, 6.07) is 0. The lowest BCUT2D eigenvalue weighted by Gasteiger charge is -2.51. The monoisotopic (exact) mass is 184 g/mol. The van der Waals surface area contributed by atoms with Gasteiger partial charge in [0, 0.05) is 17.2 Å². The molecule has 0 aromatic rings. The number of hydrogen-bond acceptors (Lipinski definition) is 1. The Morgan fingerprint density at radius 3 is 2.83 bits per heavy atom. The average Bonchev–Trinajstić information content (AvgIpc) is 2.07. The standard InChI is InChI=1S/C10H13ClO/c11-9-6-1-5-2-7(4-6)10(12)8(9)3-5/h5-9H,1-4H2/t5?,6?,7?,8?,9-/m0/s1. The zero-order chi connectivity index (χ0) is 8.29. The Kier molecular flexibility index (Phi) is 1.39.